The van der Waals surface area contributed by atoms with Crippen LogP contribution in [-0.2, 0) is 9.59 Å². The summed E-state index contributed by atoms with van der Waals surface area (Å²) >= 11 is 0. The summed E-state index contributed by atoms with van der Waals surface area (Å²) in [7, 11) is 0. The number of piperidine rings is 1. The number of carbonyl (C=O) groups is 2. The zero-order chi connectivity index (χ0) is 14.6. The van der Waals surface area contributed by atoms with Crippen LogP contribution in [0.3, 0.4) is 0 Å². The summed E-state index contributed by atoms with van der Waals surface area (Å²) in [5.74, 6) is -0.632. The Bertz CT molecular complexity index is 366. The number of carboxylic acid groups (broad SMARTS) is 1. The van der Waals surface area contributed by atoms with Crippen LogP contribution < -0.4 is 0 Å². The molecule has 2 heterocycles. The van der Waals surface area contributed by atoms with E-state index >= 15 is 0 Å². The molecule has 0 saturated carbocycles. The topological polar surface area (TPSA) is 60.9 Å². The summed E-state index contributed by atoms with van der Waals surface area (Å²) in [5, 5.41) is 9.44. The average Bonchev–Trinajstić information content (AvgIpc) is 2.97. The van der Waals surface area contributed by atoms with Crippen LogP contribution in [0.2, 0.25) is 0 Å². The SMILES string of the molecule is CCC1(C(=O)O)CCCN(C(=O)CCN2CCCC2)C1. The van der Waals surface area contributed by atoms with E-state index in [-0.39, 0.29) is 5.91 Å². The largest absolute Gasteiger partial charge is 0.481 e. The molecule has 1 N–H and O–H groups in total. The minimum absolute atomic E-state index is 0.121. The number of aliphatic carboxylic acids is 1. The third kappa shape index (κ3) is 3.32. The summed E-state index contributed by atoms with van der Waals surface area (Å²) in [5.41, 5.74) is -0.721. The molecular weight excluding hydrogens is 256 g/mol. The lowest BCUT2D eigenvalue weighted by molar-refractivity contribution is -0.155. The Morgan fingerprint density at radius 3 is 2.45 bits per heavy atom. The van der Waals surface area contributed by atoms with Gasteiger partial charge in [-0.15, -0.1) is 0 Å². The molecule has 0 radical (unpaired) electrons. The van der Waals surface area contributed by atoms with E-state index in [0.29, 0.717) is 32.4 Å². The van der Waals surface area contributed by atoms with E-state index < -0.39 is 11.4 Å². The van der Waals surface area contributed by atoms with E-state index in [1.54, 1.807) is 4.90 Å². The number of hydrogen-bond donors (Lipinski definition) is 1. The summed E-state index contributed by atoms with van der Waals surface area (Å²) in [6.07, 6.45) is 5.08. The lowest BCUT2D eigenvalue weighted by Crippen LogP contribution is -2.50. The minimum Gasteiger partial charge on any atom is -0.481 e. The van der Waals surface area contributed by atoms with Crippen molar-refractivity contribution in [3.8, 4) is 0 Å². The number of carbonyl (C=O) groups excluding carboxylic acids is 1. The van der Waals surface area contributed by atoms with E-state index in [9.17, 15) is 14.7 Å². The van der Waals surface area contributed by atoms with Gasteiger partial charge < -0.3 is 14.9 Å². The fourth-order valence-electron chi connectivity index (χ4n) is 3.38. The molecule has 114 valence electrons. The van der Waals surface area contributed by atoms with Crippen molar-refractivity contribution in [1.29, 1.82) is 0 Å². The van der Waals surface area contributed by atoms with E-state index in [2.05, 4.69) is 4.90 Å². The minimum atomic E-state index is -0.753. The molecule has 1 amide bonds. The first kappa shape index (κ1) is 15.3. The zero-order valence-corrected chi connectivity index (χ0v) is 12.4. The van der Waals surface area contributed by atoms with Gasteiger partial charge in [0.1, 0.15) is 0 Å². The predicted molar refractivity (Wildman–Crippen MR) is 76.5 cm³/mol. The van der Waals surface area contributed by atoms with Gasteiger partial charge in [0.25, 0.3) is 0 Å². The van der Waals surface area contributed by atoms with Crippen LogP contribution in [0.4, 0.5) is 0 Å². The molecule has 5 nitrogen and oxygen atoms in total. The van der Waals surface area contributed by atoms with Gasteiger partial charge in [-0.25, -0.2) is 0 Å². The van der Waals surface area contributed by atoms with Gasteiger partial charge in [0.2, 0.25) is 5.91 Å². The molecule has 0 aromatic heterocycles. The Labute approximate surface area is 120 Å². The maximum Gasteiger partial charge on any atom is 0.311 e. The third-order valence-corrected chi connectivity index (χ3v) is 4.90. The van der Waals surface area contributed by atoms with Crippen LogP contribution in [-0.4, -0.2) is 59.5 Å². The molecule has 0 spiro atoms. The van der Waals surface area contributed by atoms with Crippen molar-refractivity contribution >= 4 is 11.9 Å². The molecule has 2 saturated heterocycles. The van der Waals surface area contributed by atoms with Crippen LogP contribution in [0.25, 0.3) is 0 Å². The molecule has 2 aliphatic heterocycles. The van der Waals surface area contributed by atoms with Gasteiger partial charge in [-0.05, 0) is 45.2 Å². The number of hydrogen-bond acceptors (Lipinski definition) is 3. The number of nitrogens with zero attached hydrogens (tertiary/aromatic N) is 2. The van der Waals surface area contributed by atoms with Crippen molar-refractivity contribution in [1.82, 2.24) is 9.80 Å². The summed E-state index contributed by atoms with van der Waals surface area (Å²) in [6.45, 7) is 6.03. The van der Waals surface area contributed by atoms with Crippen LogP contribution >= 0.6 is 0 Å². The van der Waals surface area contributed by atoms with Crippen molar-refractivity contribution in [2.75, 3.05) is 32.7 Å². The summed E-state index contributed by atoms with van der Waals surface area (Å²) < 4.78 is 0. The van der Waals surface area contributed by atoms with Crippen LogP contribution in [0.1, 0.15) is 45.4 Å². The van der Waals surface area contributed by atoms with Crippen molar-refractivity contribution in [2.45, 2.75) is 45.4 Å². The first-order valence-corrected chi connectivity index (χ1v) is 7.81. The first-order valence-electron chi connectivity index (χ1n) is 7.81. The third-order valence-electron chi connectivity index (χ3n) is 4.90. The van der Waals surface area contributed by atoms with Gasteiger partial charge in [0, 0.05) is 26.1 Å². The van der Waals surface area contributed by atoms with Crippen LogP contribution in [0, 0.1) is 5.41 Å². The Hall–Kier alpha value is -1.10. The van der Waals surface area contributed by atoms with Crippen molar-refractivity contribution < 1.29 is 14.7 Å². The smallest absolute Gasteiger partial charge is 0.311 e. The molecule has 0 aromatic rings. The maximum absolute atomic E-state index is 12.3. The predicted octanol–water partition coefficient (Wildman–Crippen LogP) is 1.58. The Morgan fingerprint density at radius 1 is 1.15 bits per heavy atom. The molecular formula is C15H26N2O3. The van der Waals surface area contributed by atoms with Crippen LogP contribution in [0.15, 0.2) is 0 Å². The summed E-state index contributed by atoms with van der Waals surface area (Å²) in [4.78, 5) is 27.9. The lowest BCUT2D eigenvalue weighted by Gasteiger charge is -2.39. The average molecular weight is 282 g/mol. The van der Waals surface area contributed by atoms with Crippen molar-refractivity contribution in [2.24, 2.45) is 5.41 Å². The number of likely N-dealkylation sites (tertiary alicyclic amines) is 2. The number of amides is 1. The normalized spacial score (nSPS) is 27.8. The molecule has 2 rings (SSSR count). The van der Waals surface area contributed by atoms with Gasteiger partial charge in [0.15, 0.2) is 0 Å². The monoisotopic (exact) mass is 282 g/mol. The number of carboxylic acids is 1. The van der Waals surface area contributed by atoms with Gasteiger partial charge in [0.05, 0.1) is 5.41 Å². The van der Waals surface area contributed by atoms with Crippen molar-refractivity contribution in [3.63, 3.8) is 0 Å². The highest BCUT2D eigenvalue weighted by Gasteiger charge is 2.41. The first-order chi connectivity index (χ1) is 9.57. The number of rotatable bonds is 5. The Balaban J connectivity index is 1.87. The summed E-state index contributed by atoms with van der Waals surface area (Å²) in [6, 6.07) is 0. The van der Waals surface area contributed by atoms with E-state index in [1.807, 2.05) is 6.92 Å². The molecule has 1 unspecified atom stereocenters. The van der Waals surface area contributed by atoms with Crippen LogP contribution in [0.5, 0.6) is 0 Å². The fourth-order valence-corrected chi connectivity index (χ4v) is 3.38. The molecule has 2 aliphatic rings. The van der Waals surface area contributed by atoms with E-state index in [4.69, 9.17) is 0 Å². The highest BCUT2D eigenvalue weighted by molar-refractivity contribution is 5.79. The standard InChI is InChI=1S/C15H26N2O3/c1-2-15(14(19)20)7-5-10-17(12-15)13(18)6-11-16-8-3-4-9-16/h2-12H2,1H3,(H,19,20). The van der Waals surface area contributed by atoms with E-state index in [1.165, 1.54) is 12.8 Å². The molecule has 2 fully saturated rings. The second kappa shape index (κ2) is 6.57. The Kier molecular flexibility index (Phi) is 5.02. The maximum atomic E-state index is 12.3. The Morgan fingerprint density at radius 2 is 1.85 bits per heavy atom. The highest BCUT2D eigenvalue weighted by atomic mass is 16.4. The molecule has 20 heavy (non-hydrogen) atoms. The second-order valence-corrected chi connectivity index (χ2v) is 6.16. The van der Waals surface area contributed by atoms with Gasteiger partial charge in [-0.1, -0.05) is 6.92 Å². The molecule has 5 heteroatoms. The molecule has 1 atom stereocenters. The van der Waals surface area contributed by atoms with Gasteiger partial charge in [-0.3, -0.25) is 9.59 Å². The lowest BCUT2D eigenvalue weighted by atomic mass is 9.77. The fraction of sp³-hybridized carbons (Fsp3) is 0.867. The van der Waals surface area contributed by atoms with Gasteiger partial charge >= 0.3 is 5.97 Å². The molecule has 0 aromatic carbocycles. The molecule has 0 bridgehead atoms. The van der Waals surface area contributed by atoms with Gasteiger partial charge in [-0.2, -0.15) is 0 Å². The second-order valence-electron chi connectivity index (χ2n) is 6.16. The molecule has 0 aliphatic carbocycles. The van der Waals surface area contributed by atoms with Crippen molar-refractivity contribution in [3.05, 3.63) is 0 Å². The van der Waals surface area contributed by atoms with E-state index in [0.717, 1.165) is 26.1 Å². The zero-order valence-electron chi connectivity index (χ0n) is 12.4. The quantitative estimate of drug-likeness (QED) is 0.831. The highest BCUT2D eigenvalue weighted by Crippen LogP contribution is 2.33.